The van der Waals surface area contributed by atoms with Gasteiger partial charge in [-0.3, -0.25) is 0 Å². The van der Waals surface area contributed by atoms with Crippen molar-refractivity contribution in [2.24, 2.45) is 5.92 Å². The average molecular weight is 196 g/mol. The Morgan fingerprint density at radius 3 is 3.07 bits per heavy atom. The summed E-state index contributed by atoms with van der Waals surface area (Å²) in [5, 5.41) is 9.61. The minimum atomic E-state index is 0.136. The summed E-state index contributed by atoms with van der Waals surface area (Å²) in [7, 11) is 0. The Hall–Kier alpha value is -0.500. The van der Waals surface area contributed by atoms with Crippen molar-refractivity contribution in [1.29, 1.82) is 0 Å². The van der Waals surface area contributed by atoms with E-state index in [9.17, 15) is 5.11 Å². The molecule has 0 spiro atoms. The van der Waals surface area contributed by atoms with Crippen molar-refractivity contribution in [1.82, 2.24) is 0 Å². The van der Waals surface area contributed by atoms with E-state index in [-0.39, 0.29) is 5.60 Å². The van der Waals surface area contributed by atoms with Gasteiger partial charge in [0.15, 0.2) is 0 Å². The van der Waals surface area contributed by atoms with Crippen LogP contribution in [0.15, 0.2) is 11.8 Å². The lowest BCUT2D eigenvalue weighted by molar-refractivity contribution is 0.286. The Labute approximate surface area is 86.0 Å². The highest BCUT2D eigenvalue weighted by Gasteiger charge is 2.50. The second-order valence-electron chi connectivity index (χ2n) is 4.99. The molecule has 2 aliphatic rings. The lowest BCUT2D eigenvalue weighted by Crippen LogP contribution is -2.11. The van der Waals surface area contributed by atoms with Crippen molar-refractivity contribution in [2.45, 2.75) is 57.7 Å². The number of allylic oxidation sites excluding steroid dienone is 2. The van der Waals surface area contributed by atoms with E-state index in [0.29, 0.717) is 17.8 Å². The van der Waals surface area contributed by atoms with Crippen LogP contribution < -0.4 is 0 Å². The van der Waals surface area contributed by atoms with Crippen LogP contribution >= 0.6 is 0 Å². The standard InChI is InChI=1S/C12H20O2/c1-9-5-6-11-12(2,14-11)7-3-4-10(13)8-9/h8-9,11,13H,3-7H2,1-2H3/b10-8-/t9?,11-,12-/m1/s1. The molecule has 0 bridgehead atoms. The molecule has 0 saturated carbocycles. The van der Waals surface area contributed by atoms with E-state index < -0.39 is 0 Å². The number of hydrogen-bond donors (Lipinski definition) is 1. The van der Waals surface area contributed by atoms with Crippen molar-refractivity contribution in [3.63, 3.8) is 0 Å². The van der Waals surface area contributed by atoms with Gasteiger partial charge in [-0.25, -0.2) is 0 Å². The molecule has 2 rings (SSSR count). The van der Waals surface area contributed by atoms with E-state index >= 15 is 0 Å². The van der Waals surface area contributed by atoms with Crippen LogP contribution in [-0.2, 0) is 4.74 Å². The molecule has 1 aliphatic carbocycles. The normalized spacial score (nSPS) is 47.4. The molecule has 1 unspecified atom stereocenters. The summed E-state index contributed by atoms with van der Waals surface area (Å²) in [4.78, 5) is 0. The molecular formula is C12H20O2. The largest absolute Gasteiger partial charge is 0.513 e. The van der Waals surface area contributed by atoms with Crippen LogP contribution in [0.25, 0.3) is 0 Å². The Morgan fingerprint density at radius 2 is 2.29 bits per heavy atom. The predicted molar refractivity (Wildman–Crippen MR) is 56.2 cm³/mol. The first kappa shape index (κ1) is 10.0. The number of ether oxygens (including phenoxy) is 1. The summed E-state index contributed by atoms with van der Waals surface area (Å²) >= 11 is 0. The van der Waals surface area contributed by atoms with Crippen molar-refractivity contribution in [3.8, 4) is 0 Å². The van der Waals surface area contributed by atoms with Crippen molar-refractivity contribution < 1.29 is 9.84 Å². The van der Waals surface area contributed by atoms with Crippen LogP contribution in [0.4, 0.5) is 0 Å². The lowest BCUT2D eigenvalue weighted by atomic mass is 9.92. The van der Waals surface area contributed by atoms with E-state index in [1.54, 1.807) is 0 Å². The zero-order valence-corrected chi connectivity index (χ0v) is 9.12. The predicted octanol–water partition coefficient (Wildman–Crippen LogP) is 3.19. The highest BCUT2D eigenvalue weighted by Crippen LogP contribution is 2.44. The monoisotopic (exact) mass is 196 g/mol. The van der Waals surface area contributed by atoms with E-state index in [1.165, 1.54) is 0 Å². The number of aliphatic hydroxyl groups excluding tert-OH is 1. The summed E-state index contributed by atoms with van der Waals surface area (Å²) in [6.45, 7) is 4.36. The van der Waals surface area contributed by atoms with Gasteiger partial charge in [0.05, 0.1) is 17.5 Å². The van der Waals surface area contributed by atoms with Crippen LogP contribution in [0, 0.1) is 5.92 Å². The molecule has 1 N–H and O–H groups in total. The van der Waals surface area contributed by atoms with Gasteiger partial charge in [0, 0.05) is 6.42 Å². The van der Waals surface area contributed by atoms with Gasteiger partial charge < -0.3 is 9.84 Å². The summed E-state index contributed by atoms with van der Waals surface area (Å²) < 4.78 is 5.72. The molecule has 1 heterocycles. The maximum Gasteiger partial charge on any atom is 0.0920 e. The molecule has 0 amide bonds. The highest BCUT2D eigenvalue weighted by molar-refractivity contribution is 5.03. The SMILES string of the molecule is CC1/C=C(\O)CCC[C@@]2(C)O[C@@H]2CC1. The third-order valence-corrected chi connectivity index (χ3v) is 3.50. The fourth-order valence-corrected chi connectivity index (χ4v) is 2.41. The van der Waals surface area contributed by atoms with E-state index in [4.69, 9.17) is 4.74 Å². The van der Waals surface area contributed by atoms with Gasteiger partial charge in [-0.1, -0.05) is 6.92 Å². The van der Waals surface area contributed by atoms with Crippen LogP contribution in [0.3, 0.4) is 0 Å². The number of fused-ring (bicyclic) bond motifs is 1. The average Bonchev–Trinajstić information content (AvgIpc) is 2.73. The number of epoxide rings is 1. The fourth-order valence-electron chi connectivity index (χ4n) is 2.41. The number of aliphatic hydroxyl groups is 1. The van der Waals surface area contributed by atoms with Gasteiger partial charge in [0.1, 0.15) is 0 Å². The third kappa shape index (κ3) is 2.11. The summed E-state index contributed by atoms with van der Waals surface area (Å²) in [5.74, 6) is 1.06. The minimum Gasteiger partial charge on any atom is -0.513 e. The number of rotatable bonds is 0. The molecule has 0 aromatic heterocycles. The van der Waals surface area contributed by atoms with Crippen LogP contribution in [0.2, 0.25) is 0 Å². The first-order chi connectivity index (χ1) is 6.60. The zero-order chi connectivity index (χ0) is 10.2. The molecule has 0 aromatic rings. The van der Waals surface area contributed by atoms with Gasteiger partial charge in [-0.05, 0) is 44.6 Å². The zero-order valence-electron chi connectivity index (χ0n) is 9.12. The van der Waals surface area contributed by atoms with Crippen LogP contribution in [-0.4, -0.2) is 16.8 Å². The van der Waals surface area contributed by atoms with Gasteiger partial charge >= 0.3 is 0 Å². The molecule has 0 radical (unpaired) electrons. The Morgan fingerprint density at radius 1 is 1.50 bits per heavy atom. The summed E-state index contributed by atoms with van der Waals surface area (Å²) in [5.41, 5.74) is 0.136. The van der Waals surface area contributed by atoms with Gasteiger partial charge in [-0.15, -0.1) is 0 Å². The third-order valence-electron chi connectivity index (χ3n) is 3.50. The minimum absolute atomic E-state index is 0.136. The lowest BCUT2D eigenvalue weighted by Gasteiger charge is -2.11. The van der Waals surface area contributed by atoms with Crippen LogP contribution in [0.1, 0.15) is 46.0 Å². The maximum atomic E-state index is 9.61. The summed E-state index contributed by atoms with van der Waals surface area (Å²) in [6.07, 6.45) is 7.71. The van der Waals surface area contributed by atoms with Crippen molar-refractivity contribution in [3.05, 3.63) is 11.8 Å². The molecule has 3 atom stereocenters. The van der Waals surface area contributed by atoms with E-state index in [1.807, 2.05) is 6.08 Å². The van der Waals surface area contributed by atoms with Crippen LogP contribution in [0.5, 0.6) is 0 Å². The molecule has 1 aliphatic heterocycles. The molecule has 1 saturated heterocycles. The first-order valence-corrected chi connectivity index (χ1v) is 5.68. The molecule has 1 fully saturated rings. The molecule has 2 heteroatoms. The smallest absolute Gasteiger partial charge is 0.0920 e. The molecule has 0 aromatic carbocycles. The van der Waals surface area contributed by atoms with E-state index in [0.717, 1.165) is 32.1 Å². The molecular weight excluding hydrogens is 176 g/mol. The number of hydrogen-bond acceptors (Lipinski definition) is 2. The Balaban J connectivity index is 1.98. The Kier molecular flexibility index (Phi) is 2.56. The second kappa shape index (κ2) is 3.58. The molecule has 2 nitrogen and oxygen atoms in total. The van der Waals surface area contributed by atoms with Gasteiger partial charge in [-0.2, -0.15) is 0 Å². The van der Waals surface area contributed by atoms with E-state index in [2.05, 4.69) is 13.8 Å². The fraction of sp³-hybridized carbons (Fsp3) is 0.833. The Bertz CT molecular complexity index is 247. The van der Waals surface area contributed by atoms with Gasteiger partial charge in [0.25, 0.3) is 0 Å². The first-order valence-electron chi connectivity index (χ1n) is 5.68. The molecule has 80 valence electrons. The topological polar surface area (TPSA) is 32.8 Å². The second-order valence-corrected chi connectivity index (χ2v) is 4.99. The van der Waals surface area contributed by atoms with Crippen molar-refractivity contribution >= 4 is 0 Å². The molecule has 14 heavy (non-hydrogen) atoms. The van der Waals surface area contributed by atoms with Gasteiger partial charge in [0.2, 0.25) is 0 Å². The summed E-state index contributed by atoms with van der Waals surface area (Å²) in [6, 6.07) is 0. The highest BCUT2D eigenvalue weighted by atomic mass is 16.6. The quantitative estimate of drug-likeness (QED) is 0.603. The van der Waals surface area contributed by atoms with Crippen molar-refractivity contribution in [2.75, 3.05) is 0 Å². The maximum absolute atomic E-state index is 9.61.